The van der Waals surface area contributed by atoms with Gasteiger partial charge in [-0.25, -0.2) is 4.39 Å². The van der Waals surface area contributed by atoms with Gasteiger partial charge in [-0.1, -0.05) is 36.4 Å². The van der Waals surface area contributed by atoms with Crippen LogP contribution in [0.2, 0.25) is 0 Å². The number of amides is 3. The van der Waals surface area contributed by atoms with Gasteiger partial charge in [0.15, 0.2) is 0 Å². The number of rotatable bonds is 9. The molecule has 0 aromatic heterocycles. The number of carbonyl (C=O) groups excluding carboxylic acids is 3. The molecule has 3 N–H and O–H groups in total. The van der Waals surface area contributed by atoms with Crippen LogP contribution in [-0.2, 0) is 9.59 Å². The maximum atomic E-state index is 13.4. The number of carbonyl (C=O) groups is 3. The van der Waals surface area contributed by atoms with Gasteiger partial charge in [-0.2, -0.15) is 0 Å². The molecule has 6 nitrogen and oxygen atoms in total. The van der Waals surface area contributed by atoms with Crippen molar-refractivity contribution in [3.63, 3.8) is 0 Å². The van der Waals surface area contributed by atoms with Crippen molar-refractivity contribution in [2.45, 2.75) is 30.9 Å². The Morgan fingerprint density at radius 2 is 1.44 bits per heavy atom. The lowest BCUT2D eigenvalue weighted by molar-refractivity contribution is -0.115. The quantitative estimate of drug-likeness (QED) is 0.151. The molecular formula is C33H30FN3O3S. The van der Waals surface area contributed by atoms with Gasteiger partial charge >= 0.3 is 0 Å². The van der Waals surface area contributed by atoms with Crippen molar-refractivity contribution in [3.05, 3.63) is 131 Å². The maximum Gasteiger partial charge on any atom is 0.272 e. The summed E-state index contributed by atoms with van der Waals surface area (Å²) in [5.41, 5.74) is 4.47. The molecule has 0 bridgehead atoms. The minimum absolute atomic E-state index is 0.000508. The lowest BCUT2D eigenvalue weighted by atomic mass is 10.1. The minimum Gasteiger partial charge on any atom is -0.325 e. The Morgan fingerprint density at radius 1 is 0.780 bits per heavy atom. The van der Waals surface area contributed by atoms with Gasteiger partial charge in [0.05, 0.1) is 5.25 Å². The number of hydrogen-bond donors (Lipinski definition) is 3. The summed E-state index contributed by atoms with van der Waals surface area (Å²) in [6, 6.07) is 27.0. The summed E-state index contributed by atoms with van der Waals surface area (Å²) >= 11 is 1.40. The summed E-state index contributed by atoms with van der Waals surface area (Å²) < 4.78 is 13.4. The fraction of sp³-hybridized carbons (Fsp3) is 0.121. The first-order valence-corrected chi connectivity index (χ1v) is 13.9. The molecule has 0 aliphatic carbocycles. The van der Waals surface area contributed by atoms with Crippen LogP contribution < -0.4 is 16.0 Å². The van der Waals surface area contributed by atoms with E-state index in [1.807, 2.05) is 51.1 Å². The zero-order valence-corrected chi connectivity index (χ0v) is 23.7. The Labute approximate surface area is 243 Å². The smallest absolute Gasteiger partial charge is 0.272 e. The molecule has 4 aromatic carbocycles. The number of aryl methyl sites for hydroxylation is 2. The Bertz CT molecular complexity index is 1570. The highest BCUT2D eigenvalue weighted by Gasteiger charge is 2.17. The zero-order valence-electron chi connectivity index (χ0n) is 22.9. The van der Waals surface area contributed by atoms with Crippen molar-refractivity contribution in [1.82, 2.24) is 5.32 Å². The molecule has 4 rings (SSSR count). The molecule has 0 saturated carbocycles. The Balaban J connectivity index is 1.42. The normalized spacial score (nSPS) is 11.9. The average molecular weight is 568 g/mol. The fourth-order valence-corrected chi connectivity index (χ4v) is 4.67. The fourth-order valence-electron chi connectivity index (χ4n) is 3.80. The number of thioether (sulfide) groups is 1. The predicted molar refractivity (Wildman–Crippen MR) is 163 cm³/mol. The first-order chi connectivity index (χ1) is 19.7. The molecule has 0 radical (unpaired) electrons. The van der Waals surface area contributed by atoms with Crippen LogP contribution in [0.15, 0.2) is 108 Å². The third kappa shape index (κ3) is 8.40. The van der Waals surface area contributed by atoms with Crippen molar-refractivity contribution >= 4 is 46.9 Å². The van der Waals surface area contributed by atoms with Crippen LogP contribution in [0.25, 0.3) is 6.08 Å². The van der Waals surface area contributed by atoms with Crippen LogP contribution in [-0.4, -0.2) is 23.0 Å². The molecule has 0 aliphatic rings. The number of halogens is 1. The number of hydrogen-bond acceptors (Lipinski definition) is 4. The maximum absolute atomic E-state index is 13.4. The van der Waals surface area contributed by atoms with E-state index in [1.165, 1.54) is 42.1 Å². The molecule has 1 atom stereocenters. The van der Waals surface area contributed by atoms with E-state index in [9.17, 15) is 18.8 Å². The van der Waals surface area contributed by atoms with Crippen LogP contribution in [0.3, 0.4) is 0 Å². The monoisotopic (exact) mass is 567 g/mol. The van der Waals surface area contributed by atoms with Gasteiger partial charge in [0, 0.05) is 21.8 Å². The first-order valence-electron chi connectivity index (χ1n) is 13.0. The van der Waals surface area contributed by atoms with Gasteiger partial charge in [-0.05, 0) is 104 Å². The molecule has 41 heavy (non-hydrogen) atoms. The van der Waals surface area contributed by atoms with Crippen LogP contribution in [0, 0.1) is 19.7 Å². The highest BCUT2D eigenvalue weighted by atomic mass is 32.2. The van der Waals surface area contributed by atoms with Crippen LogP contribution in [0.4, 0.5) is 15.8 Å². The second-order valence-corrected chi connectivity index (χ2v) is 10.9. The second kappa shape index (κ2) is 13.6. The second-order valence-electron chi connectivity index (χ2n) is 9.46. The van der Waals surface area contributed by atoms with E-state index < -0.39 is 17.6 Å². The summed E-state index contributed by atoms with van der Waals surface area (Å²) in [7, 11) is 0. The third-order valence-electron chi connectivity index (χ3n) is 6.28. The standard InChI is InChI=1S/C33H30FN3O3S/c1-21-9-14-28(19-22(21)2)36-31(38)23(3)41-29-17-15-27(16-18-29)35-33(40)30(20-24-10-12-26(34)13-11-24)37-32(39)25-7-5-4-6-8-25/h4-20,23H,1-3H3,(H,35,40)(H,36,38)(H,37,39)/b30-20-. The van der Waals surface area contributed by atoms with E-state index in [1.54, 1.807) is 42.5 Å². The van der Waals surface area contributed by atoms with Gasteiger partial charge in [-0.15, -0.1) is 11.8 Å². The van der Waals surface area contributed by atoms with Gasteiger partial charge in [0.2, 0.25) is 5.91 Å². The minimum atomic E-state index is -0.542. The van der Waals surface area contributed by atoms with E-state index in [0.29, 0.717) is 16.8 Å². The molecule has 0 saturated heterocycles. The Hall–Kier alpha value is -4.69. The molecule has 3 amide bonds. The van der Waals surface area contributed by atoms with Crippen LogP contribution >= 0.6 is 11.8 Å². The average Bonchev–Trinajstić information content (AvgIpc) is 2.97. The lowest BCUT2D eigenvalue weighted by Crippen LogP contribution is -2.30. The summed E-state index contributed by atoms with van der Waals surface area (Å²) in [4.78, 5) is 39.5. The lowest BCUT2D eigenvalue weighted by Gasteiger charge is -2.14. The molecule has 0 spiro atoms. The van der Waals surface area contributed by atoms with Gasteiger partial charge in [0.25, 0.3) is 11.8 Å². The molecule has 4 aromatic rings. The first kappa shape index (κ1) is 29.3. The SMILES string of the molecule is Cc1ccc(NC(=O)C(C)Sc2ccc(NC(=O)/C(=C/c3ccc(F)cc3)NC(=O)c3ccccc3)cc2)cc1C. The van der Waals surface area contributed by atoms with Gasteiger partial charge < -0.3 is 16.0 Å². The Morgan fingerprint density at radius 3 is 2.10 bits per heavy atom. The summed E-state index contributed by atoms with van der Waals surface area (Å²) in [6.07, 6.45) is 1.48. The van der Waals surface area contributed by atoms with E-state index in [4.69, 9.17) is 0 Å². The molecule has 1 unspecified atom stereocenters. The number of nitrogens with one attached hydrogen (secondary N) is 3. The van der Waals surface area contributed by atoms with Crippen LogP contribution in [0.1, 0.15) is 34.0 Å². The third-order valence-corrected chi connectivity index (χ3v) is 7.39. The van der Waals surface area contributed by atoms with Crippen molar-refractivity contribution in [2.24, 2.45) is 0 Å². The number of anilines is 2. The largest absolute Gasteiger partial charge is 0.325 e. The summed E-state index contributed by atoms with van der Waals surface area (Å²) in [5, 5.41) is 8.05. The molecule has 0 heterocycles. The summed E-state index contributed by atoms with van der Waals surface area (Å²) in [6.45, 7) is 5.86. The zero-order chi connectivity index (χ0) is 29.4. The van der Waals surface area contributed by atoms with E-state index >= 15 is 0 Å². The highest BCUT2D eigenvalue weighted by molar-refractivity contribution is 8.00. The molecular weight excluding hydrogens is 537 g/mol. The van der Waals surface area contributed by atoms with Crippen molar-refractivity contribution < 1.29 is 18.8 Å². The van der Waals surface area contributed by atoms with Gasteiger partial charge in [0.1, 0.15) is 11.5 Å². The highest BCUT2D eigenvalue weighted by Crippen LogP contribution is 2.26. The topological polar surface area (TPSA) is 87.3 Å². The molecule has 8 heteroatoms. The van der Waals surface area contributed by atoms with E-state index in [0.717, 1.165) is 21.7 Å². The van der Waals surface area contributed by atoms with E-state index in [-0.39, 0.29) is 16.9 Å². The van der Waals surface area contributed by atoms with Crippen molar-refractivity contribution in [3.8, 4) is 0 Å². The van der Waals surface area contributed by atoms with Crippen molar-refractivity contribution in [2.75, 3.05) is 10.6 Å². The summed E-state index contributed by atoms with van der Waals surface area (Å²) in [5.74, 6) is -1.51. The van der Waals surface area contributed by atoms with Gasteiger partial charge in [-0.3, -0.25) is 14.4 Å². The van der Waals surface area contributed by atoms with Crippen molar-refractivity contribution in [1.29, 1.82) is 0 Å². The molecule has 208 valence electrons. The molecule has 0 aliphatic heterocycles. The molecule has 0 fully saturated rings. The van der Waals surface area contributed by atoms with E-state index in [2.05, 4.69) is 16.0 Å². The Kier molecular flexibility index (Phi) is 9.71. The van der Waals surface area contributed by atoms with Crippen LogP contribution in [0.5, 0.6) is 0 Å². The number of benzene rings is 4. The predicted octanol–water partition coefficient (Wildman–Crippen LogP) is 6.97.